The third kappa shape index (κ3) is 2.79. The van der Waals surface area contributed by atoms with Crippen LogP contribution in [0.15, 0.2) is 35.5 Å². The van der Waals surface area contributed by atoms with Crippen molar-refractivity contribution in [3.05, 3.63) is 36.4 Å². The number of nitrogen functional groups attached to an aromatic ring is 1. The Morgan fingerprint density at radius 3 is 3.00 bits per heavy atom. The predicted octanol–water partition coefficient (Wildman–Crippen LogP) is 2.79. The maximum absolute atomic E-state index is 5.95. The van der Waals surface area contributed by atoms with Crippen LogP contribution in [0.1, 0.15) is 12.7 Å². The number of hydrogen-bond donors (Lipinski definition) is 1. The summed E-state index contributed by atoms with van der Waals surface area (Å²) in [5.74, 6) is 2.69. The number of aromatic nitrogens is 2. The Bertz CT molecular complexity index is 525. The van der Waals surface area contributed by atoms with Crippen molar-refractivity contribution in [2.24, 2.45) is 0 Å². The van der Waals surface area contributed by atoms with Gasteiger partial charge in [0.05, 0.1) is 12.9 Å². The second-order valence-corrected chi connectivity index (χ2v) is 4.84. The van der Waals surface area contributed by atoms with Gasteiger partial charge in [-0.25, -0.2) is 4.98 Å². The molecule has 0 saturated heterocycles. The third-order valence-electron chi connectivity index (χ3n) is 2.72. The molecule has 1 aromatic heterocycles. The molecule has 5 heteroatoms. The Hall–Kier alpha value is -1.62. The molecule has 2 aromatic rings. The largest absolute Gasteiger partial charge is 0.497 e. The summed E-state index contributed by atoms with van der Waals surface area (Å²) in [4.78, 5) is 5.37. The van der Waals surface area contributed by atoms with E-state index in [1.54, 1.807) is 18.9 Å². The predicted molar refractivity (Wildman–Crippen MR) is 74.9 cm³/mol. The second kappa shape index (κ2) is 5.82. The second-order valence-electron chi connectivity index (χ2n) is 3.82. The lowest BCUT2D eigenvalue weighted by Crippen LogP contribution is -1.99. The van der Waals surface area contributed by atoms with Crippen molar-refractivity contribution >= 4 is 17.4 Å². The number of benzene rings is 1. The highest BCUT2D eigenvalue weighted by atomic mass is 32.2. The van der Waals surface area contributed by atoms with Crippen LogP contribution >= 0.6 is 11.8 Å². The van der Waals surface area contributed by atoms with Crippen molar-refractivity contribution in [2.75, 3.05) is 12.8 Å². The zero-order chi connectivity index (χ0) is 13.0. The molecule has 2 rings (SSSR count). The number of rotatable bonds is 5. The Labute approximate surface area is 111 Å². The van der Waals surface area contributed by atoms with Gasteiger partial charge in [0.1, 0.15) is 11.6 Å². The van der Waals surface area contributed by atoms with Gasteiger partial charge < -0.3 is 15.0 Å². The first-order valence-electron chi connectivity index (χ1n) is 5.81. The van der Waals surface area contributed by atoms with Crippen molar-refractivity contribution in [1.29, 1.82) is 0 Å². The van der Waals surface area contributed by atoms with Crippen LogP contribution in [0.4, 0.5) is 5.69 Å². The Morgan fingerprint density at radius 2 is 2.28 bits per heavy atom. The van der Waals surface area contributed by atoms with Crippen LogP contribution in [0, 0.1) is 0 Å². The van der Waals surface area contributed by atoms with E-state index < -0.39 is 0 Å². The van der Waals surface area contributed by atoms with Crippen LogP contribution in [-0.4, -0.2) is 16.7 Å². The number of methoxy groups -OCH3 is 1. The normalized spacial score (nSPS) is 10.6. The molecule has 0 aliphatic heterocycles. The van der Waals surface area contributed by atoms with E-state index >= 15 is 0 Å². The molecule has 96 valence electrons. The van der Waals surface area contributed by atoms with E-state index in [-0.39, 0.29) is 0 Å². The fourth-order valence-electron chi connectivity index (χ4n) is 1.68. The van der Waals surface area contributed by atoms with Crippen LogP contribution in [0.5, 0.6) is 5.75 Å². The fourth-order valence-corrected chi connectivity index (χ4v) is 2.64. The van der Waals surface area contributed by atoms with Crippen molar-refractivity contribution in [3.8, 4) is 5.75 Å². The van der Waals surface area contributed by atoms with Gasteiger partial charge >= 0.3 is 0 Å². The number of ether oxygens (including phenoxy) is 1. The number of nitrogens with zero attached hydrogens (tertiary/aromatic N) is 2. The average Bonchev–Trinajstić information content (AvgIpc) is 2.85. The molecule has 0 atom stereocenters. The van der Waals surface area contributed by atoms with Crippen LogP contribution in [-0.2, 0) is 12.3 Å². The standard InChI is InChI=1S/C13H17N3OS/c1-3-16-7-6-15-13(16)9-18-12-8-10(17-2)4-5-11(12)14/h4-8H,3,9,14H2,1-2H3. The fraction of sp³-hybridized carbons (Fsp3) is 0.308. The molecular weight excluding hydrogens is 246 g/mol. The Morgan fingerprint density at radius 1 is 1.44 bits per heavy atom. The molecule has 0 amide bonds. The summed E-state index contributed by atoms with van der Waals surface area (Å²) in [6, 6.07) is 5.69. The summed E-state index contributed by atoms with van der Waals surface area (Å²) < 4.78 is 7.33. The minimum Gasteiger partial charge on any atom is -0.497 e. The molecule has 1 heterocycles. The van der Waals surface area contributed by atoms with Crippen LogP contribution in [0.2, 0.25) is 0 Å². The van der Waals surface area contributed by atoms with Crippen LogP contribution < -0.4 is 10.5 Å². The van der Waals surface area contributed by atoms with Crippen molar-refractivity contribution < 1.29 is 4.74 Å². The van der Waals surface area contributed by atoms with Gasteiger partial charge in [-0.05, 0) is 25.1 Å². The summed E-state index contributed by atoms with van der Waals surface area (Å²) in [5, 5.41) is 0. The molecule has 0 spiro atoms. The van der Waals surface area contributed by atoms with Gasteiger partial charge in [-0.15, -0.1) is 11.8 Å². The average molecular weight is 263 g/mol. The van der Waals surface area contributed by atoms with Gasteiger partial charge in [0.15, 0.2) is 0 Å². The minimum atomic E-state index is 0.774. The van der Waals surface area contributed by atoms with Crippen molar-refractivity contribution in [2.45, 2.75) is 24.1 Å². The third-order valence-corrected chi connectivity index (χ3v) is 3.79. The van der Waals surface area contributed by atoms with E-state index in [1.807, 2.05) is 30.6 Å². The van der Waals surface area contributed by atoms with Gasteiger partial charge in [-0.2, -0.15) is 0 Å². The summed E-state index contributed by atoms with van der Waals surface area (Å²) >= 11 is 1.68. The topological polar surface area (TPSA) is 53.1 Å². The summed E-state index contributed by atoms with van der Waals surface area (Å²) in [7, 11) is 1.66. The number of anilines is 1. The van der Waals surface area contributed by atoms with E-state index in [1.165, 1.54) is 0 Å². The molecule has 0 unspecified atom stereocenters. The lowest BCUT2D eigenvalue weighted by Gasteiger charge is -2.08. The number of aryl methyl sites for hydroxylation is 1. The van der Waals surface area contributed by atoms with Gasteiger partial charge in [0.25, 0.3) is 0 Å². The molecule has 18 heavy (non-hydrogen) atoms. The highest BCUT2D eigenvalue weighted by molar-refractivity contribution is 7.98. The summed E-state index contributed by atoms with van der Waals surface area (Å²) in [5.41, 5.74) is 6.72. The molecule has 0 saturated carbocycles. The summed E-state index contributed by atoms with van der Waals surface area (Å²) in [6.07, 6.45) is 3.82. The zero-order valence-electron chi connectivity index (χ0n) is 10.6. The summed E-state index contributed by atoms with van der Waals surface area (Å²) in [6.45, 7) is 3.04. The zero-order valence-corrected chi connectivity index (χ0v) is 11.4. The maximum atomic E-state index is 5.95. The monoisotopic (exact) mass is 263 g/mol. The van der Waals surface area contributed by atoms with Crippen molar-refractivity contribution in [3.63, 3.8) is 0 Å². The molecule has 0 bridgehead atoms. The maximum Gasteiger partial charge on any atom is 0.120 e. The van der Waals surface area contributed by atoms with E-state index in [2.05, 4.69) is 16.5 Å². The first kappa shape index (κ1) is 12.8. The van der Waals surface area contributed by atoms with E-state index in [0.717, 1.165) is 34.5 Å². The first-order valence-corrected chi connectivity index (χ1v) is 6.79. The molecule has 4 nitrogen and oxygen atoms in total. The van der Waals surface area contributed by atoms with E-state index in [4.69, 9.17) is 10.5 Å². The SMILES string of the molecule is CCn1ccnc1CSc1cc(OC)ccc1N. The van der Waals surface area contributed by atoms with Gasteiger partial charge in [-0.1, -0.05) is 0 Å². The van der Waals surface area contributed by atoms with E-state index in [9.17, 15) is 0 Å². The molecular formula is C13H17N3OS. The van der Waals surface area contributed by atoms with Crippen LogP contribution in [0.3, 0.4) is 0 Å². The molecule has 0 fully saturated rings. The Kier molecular flexibility index (Phi) is 4.15. The number of imidazole rings is 1. The highest BCUT2D eigenvalue weighted by Gasteiger charge is 2.06. The number of hydrogen-bond acceptors (Lipinski definition) is 4. The van der Waals surface area contributed by atoms with E-state index in [0.29, 0.717) is 0 Å². The lowest BCUT2D eigenvalue weighted by molar-refractivity contribution is 0.414. The molecule has 0 aliphatic rings. The smallest absolute Gasteiger partial charge is 0.120 e. The van der Waals surface area contributed by atoms with Gasteiger partial charge in [-0.3, -0.25) is 0 Å². The van der Waals surface area contributed by atoms with Crippen molar-refractivity contribution in [1.82, 2.24) is 9.55 Å². The number of nitrogens with two attached hydrogens (primary N) is 1. The Balaban J connectivity index is 2.10. The minimum absolute atomic E-state index is 0.774. The molecule has 1 aromatic carbocycles. The van der Waals surface area contributed by atoms with Crippen LogP contribution in [0.25, 0.3) is 0 Å². The quantitative estimate of drug-likeness (QED) is 0.665. The molecule has 2 N–H and O–H groups in total. The highest BCUT2D eigenvalue weighted by Crippen LogP contribution is 2.31. The first-order chi connectivity index (χ1) is 8.74. The number of thioether (sulfide) groups is 1. The van der Waals surface area contributed by atoms with Gasteiger partial charge in [0.2, 0.25) is 0 Å². The van der Waals surface area contributed by atoms with Gasteiger partial charge in [0, 0.05) is 29.5 Å². The molecule has 0 radical (unpaired) electrons. The molecule has 0 aliphatic carbocycles. The lowest BCUT2D eigenvalue weighted by atomic mass is 10.3.